The molecular formula is C29H48O3. The minimum absolute atomic E-state index is 0.00896. The second kappa shape index (κ2) is 7.08. The smallest absolute Gasteiger partial charge is 0.107 e. The van der Waals surface area contributed by atoms with Gasteiger partial charge in [0.05, 0.1) is 6.10 Å². The first-order chi connectivity index (χ1) is 14.9. The molecule has 0 bridgehead atoms. The van der Waals surface area contributed by atoms with Gasteiger partial charge in [-0.1, -0.05) is 46.8 Å². The summed E-state index contributed by atoms with van der Waals surface area (Å²) in [4.78, 5) is 5.42. The van der Waals surface area contributed by atoms with Crippen molar-refractivity contribution >= 4 is 0 Å². The Labute approximate surface area is 196 Å². The molecule has 2 N–H and O–H groups in total. The van der Waals surface area contributed by atoms with Crippen molar-refractivity contribution in [1.82, 2.24) is 0 Å². The summed E-state index contributed by atoms with van der Waals surface area (Å²) < 4.78 is 0. The zero-order valence-electron chi connectivity index (χ0n) is 21.5. The number of hydrogen-bond acceptors (Lipinski definition) is 3. The van der Waals surface area contributed by atoms with E-state index in [4.69, 9.17) is 4.89 Å². The molecule has 3 heteroatoms. The predicted molar refractivity (Wildman–Crippen MR) is 129 cm³/mol. The van der Waals surface area contributed by atoms with Crippen molar-refractivity contribution in [3.05, 3.63) is 12.2 Å². The van der Waals surface area contributed by atoms with Crippen molar-refractivity contribution in [2.45, 2.75) is 117 Å². The lowest BCUT2D eigenvalue weighted by atomic mass is 9.33. The van der Waals surface area contributed by atoms with E-state index in [1.807, 2.05) is 0 Å². The highest BCUT2D eigenvalue weighted by molar-refractivity contribution is 5.22. The van der Waals surface area contributed by atoms with Gasteiger partial charge in [-0.05, 0) is 116 Å². The molecule has 0 aliphatic heterocycles. The summed E-state index contributed by atoms with van der Waals surface area (Å²) in [6.45, 7) is 19.1. The SMILES string of the molecule is C=C(C)[C@@H]1CC[C@@]2(OO)CC[C@]3(C)[C@H](CC[C@@H]4[C@@]5(C)CC[C@H](O)C(C)(C)[C@@H]5CC[C@]43C)[C@@H]12. The van der Waals surface area contributed by atoms with Crippen LogP contribution in [-0.4, -0.2) is 22.1 Å². The summed E-state index contributed by atoms with van der Waals surface area (Å²) in [5, 5.41) is 21.0. The number of hydrogen-bond donors (Lipinski definition) is 2. The minimum atomic E-state index is -0.352. The Kier molecular flexibility index (Phi) is 5.17. The van der Waals surface area contributed by atoms with E-state index in [1.165, 1.54) is 37.7 Å². The zero-order chi connectivity index (χ0) is 23.3. The molecule has 0 aromatic heterocycles. The van der Waals surface area contributed by atoms with Gasteiger partial charge in [-0.2, -0.15) is 0 Å². The molecule has 10 atom stereocenters. The first-order valence-corrected chi connectivity index (χ1v) is 13.5. The maximum atomic E-state index is 10.9. The molecule has 32 heavy (non-hydrogen) atoms. The molecule has 5 aliphatic carbocycles. The summed E-state index contributed by atoms with van der Waals surface area (Å²) in [5.74, 6) is 2.79. The summed E-state index contributed by atoms with van der Waals surface area (Å²) in [6.07, 6.45) is 11.3. The molecule has 182 valence electrons. The van der Waals surface area contributed by atoms with Crippen molar-refractivity contribution in [3.63, 3.8) is 0 Å². The summed E-state index contributed by atoms with van der Waals surface area (Å²) >= 11 is 0. The van der Waals surface area contributed by atoms with E-state index in [1.54, 1.807) is 0 Å². The van der Waals surface area contributed by atoms with Gasteiger partial charge in [-0.25, -0.2) is 4.89 Å². The highest BCUT2D eigenvalue weighted by atomic mass is 17.1. The quantitative estimate of drug-likeness (QED) is 0.268. The van der Waals surface area contributed by atoms with Gasteiger partial charge >= 0.3 is 0 Å². The van der Waals surface area contributed by atoms with Crippen LogP contribution in [-0.2, 0) is 4.89 Å². The van der Waals surface area contributed by atoms with E-state index in [2.05, 4.69) is 48.1 Å². The molecule has 5 rings (SSSR count). The Bertz CT molecular complexity index is 789. The Morgan fingerprint density at radius 3 is 2.19 bits per heavy atom. The van der Waals surface area contributed by atoms with Crippen LogP contribution >= 0.6 is 0 Å². The van der Waals surface area contributed by atoms with Crippen LogP contribution in [0.15, 0.2) is 12.2 Å². The van der Waals surface area contributed by atoms with Gasteiger partial charge in [0, 0.05) is 5.92 Å². The van der Waals surface area contributed by atoms with Crippen LogP contribution in [0.5, 0.6) is 0 Å². The van der Waals surface area contributed by atoms with Crippen LogP contribution < -0.4 is 0 Å². The fourth-order valence-electron chi connectivity index (χ4n) is 11.2. The lowest BCUT2D eigenvalue weighted by Crippen LogP contribution is -2.67. The largest absolute Gasteiger partial charge is 0.393 e. The Balaban J connectivity index is 1.55. The monoisotopic (exact) mass is 444 g/mol. The maximum absolute atomic E-state index is 10.9. The molecule has 5 aliphatic rings. The molecule has 0 radical (unpaired) electrons. The zero-order valence-corrected chi connectivity index (χ0v) is 21.5. The van der Waals surface area contributed by atoms with E-state index in [9.17, 15) is 10.4 Å². The lowest BCUT2D eigenvalue weighted by molar-refractivity contribution is -0.361. The molecule has 5 fully saturated rings. The molecule has 0 aromatic carbocycles. The second-order valence-electron chi connectivity index (χ2n) is 14.2. The van der Waals surface area contributed by atoms with Crippen LogP contribution in [0.1, 0.15) is 106 Å². The highest BCUT2D eigenvalue weighted by Crippen LogP contribution is 2.76. The summed E-state index contributed by atoms with van der Waals surface area (Å²) in [5.41, 5.74) is 1.83. The van der Waals surface area contributed by atoms with E-state index in [-0.39, 0.29) is 22.5 Å². The Morgan fingerprint density at radius 2 is 1.53 bits per heavy atom. The van der Waals surface area contributed by atoms with Crippen LogP contribution in [0.2, 0.25) is 0 Å². The molecular weight excluding hydrogens is 396 g/mol. The number of fused-ring (bicyclic) bond motifs is 7. The van der Waals surface area contributed by atoms with Crippen molar-refractivity contribution < 1.29 is 15.3 Å². The van der Waals surface area contributed by atoms with E-state index in [0.29, 0.717) is 40.4 Å². The average molecular weight is 445 g/mol. The van der Waals surface area contributed by atoms with Gasteiger partial charge in [0.15, 0.2) is 0 Å². The van der Waals surface area contributed by atoms with E-state index < -0.39 is 0 Å². The highest BCUT2D eigenvalue weighted by Gasteiger charge is 2.71. The summed E-state index contributed by atoms with van der Waals surface area (Å²) in [7, 11) is 0. The molecule has 3 nitrogen and oxygen atoms in total. The molecule has 0 spiro atoms. The maximum Gasteiger partial charge on any atom is 0.107 e. The van der Waals surface area contributed by atoms with E-state index in [0.717, 1.165) is 32.1 Å². The topological polar surface area (TPSA) is 49.7 Å². The number of aliphatic hydroxyl groups excluding tert-OH is 1. The van der Waals surface area contributed by atoms with Crippen molar-refractivity contribution in [2.24, 2.45) is 51.2 Å². The third kappa shape index (κ3) is 2.65. The van der Waals surface area contributed by atoms with Crippen LogP contribution in [0.3, 0.4) is 0 Å². The molecule has 0 unspecified atom stereocenters. The van der Waals surface area contributed by atoms with Crippen molar-refractivity contribution in [1.29, 1.82) is 0 Å². The Hall–Kier alpha value is -0.380. The fourth-order valence-corrected chi connectivity index (χ4v) is 11.2. The lowest BCUT2D eigenvalue weighted by Gasteiger charge is -2.72. The van der Waals surface area contributed by atoms with Crippen LogP contribution in [0, 0.1) is 51.2 Å². The minimum Gasteiger partial charge on any atom is -0.393 e. The number of allylic oxidation sites excluding steroid dienone is 1. The standard InChI is InChI=1S/C29H48O3/c1-18(2)19-10-15-29(32-31)17-16-27(6)20(24(19)29)8-9-22-26(5)13-12-23(30)25(3,4)21(26)11-14-28(22,27)7/h19-24,30-31H,1,8-17H2,2-7H3/t19-,20+,21-,22+,23-,24+,26-,27+,28+,29+/m0/s1. The fraction of sp³-hybridized carbons (Fsp3) is 0.931. The molecule has 0 saturated heterocycles. The normalized spacial score (nSPS) is 56.5. The van der Waals surface area contributed by atoms with Gasteiger partial charge in [0.25, 0.3) is 0 Å². The molecule has 0 aromatic rings. The molecule has 0 heterocycles. The van der Waals surface area contributed by atoms with Gasteiger partial charge in [0.2, 0.25) is 0 Å². The van der Waals surface area contributed by atoms with Gasteiger partial charge in [0.1, 0.15) is 5.60 Å². The van der Waals surface area contributed by atoms with Gasteiger partial charge in [-0.15, -0.1) is 0 Å². The van der Waals surface area contributed by atoms with Gasteiger partial charge in [-0.3, -0.25) is 5.26 Å². The van der Waals surface area contributed by atoms with Crippen molar-refractivity contribution in [3.8, 4) is 0 Å². The first kappa shape index (κ1) is 23.4. The summed E-state index contributed by atoms with van der Waals surface area (Å²) in [6, 6.07) is 0. The predicted octanol–water partition coefficient (Wildman–Crippen LogP) is 7.25. The average Bonchev–Trinajstić information content (AvgIpc) is 3.12. The molecule has 0 amide bonds. The third-order valence-electron chi connectivity index (χ3n) is 13.2. The third-order valence-corrected chi connectivity index (χ3v) is 13.2. The first-order valence-electron chi connectivity index (χ1n) is 13.5. The van der Waals surface area contributed by atoms with E-state index >= 15 is 0 Å². The second-order valence-corrected chi connectivity index (χ2v) is 14.2. The number of rotatable bonds is 2. The van der Waals surface area contributed by atoms with Crippen LogP contribution in [0.4, 0.5) is 0 Å². The van der Waals surface area contributed by atoms with Crippen molar-refractivity contribution in [2.75, 3.05) is 0 Å². The number of aliphatic hydroxyl groups is 1. The molecule has 5 saturated carbocycles. The Morgan fingerprint density at radius 1 is 0.812 bits per heavy atom. The van der Waals surface area contributed by atoms with Gasteiger partial charge < -0.3 is 5.11 Å². The van der Waals surface area contributed by atoms with Crippen LogP contribution in [0.25, 0.3) is 0 Å².